The van der Waals surface area contributed by atoms with Crippen LogP contribution in [0, 0.1) is 0 Å². The van der Waals surface area contributed by atoms with Crippen LogP contribution < -0.4 is 0 Å². The summed E-state index contributed by atoms with van der Waals surface area (Å²) in [4.78, 5) is 0. The van der Waals surface area contributed by atoms with Crippen molar-refractivity contribution in [1.29, 1.82) is 0 Å². The van der Waals surface area contributed by atoms with Crippen LogP contribution in [0.15, 0.2) is 121 Å². The SMILES string of the molecule is O[C@@H]1C[C@H](OCc2ccccc2)[C@H](OCc2ccccc2)[C@@H](OCc2ccccc2)[C@@H]1OCc1ccccc1. The molecule has 4 aromatic rings. The topological polar surface area (TPSA) is 57.2 Å². The average molecular weight is 525 g/mol. The smallest absolute Gasteiger partial charge is 0.115 e. The molecule has 4 aromatic carbocycles. The third-order valence-corrected chi connectivity index (χ3v) is 7.03. The van der Waals surface area contributed by atoms with Crippen molar-refractivity contribution in [3.63, 3.8) is 0 Å². The highest BCUT2D eigenvalue weighted by Crippen LogP contribution is 2.32. The lowest BCUT2D eigenvalue weighted by molar-refractivity contribution is -0.240. The molecule has 5 atom stereocenters. The van der Waals surface area contributed by atoms with Gasteiger partial charge in [0.25, 0.3) is 0 Å². The van der Waals surface area contributed by atoms with Crippen LogP contribution >= 0.6 is 0 Å². The van der Waals surface area contributed by atoms with Crippen LogP contribution in [0.1, 0.15) is 28.7 Å². The van der Waals surface area contributed by atoms with Gasteiger partial charge in [-0.05, 0) is 22.3 Å². The fraction of sp³-hybridized carbons (Fsp3) is 0.294. The zero-order chi connectivity index (χ0) is 26.7. The maximum atomic E-state index is 11.3. The van der Waals surface area contributed by atoms with E-state index in [1.165, 1.54) is 0 Å². The molecular formula is C34H36O5. The molecule has 0 bridgehead atoms. The summed E-state index contributed by atoms with van der Waals surface area (Å²) >= 11 is 0. The summed E-state index contributed by atoms with van der Waals surface area (Å²) in [6.07, 6.45) is -2.32. The summed E-state index contributed by atoms with van der Waals surface area (Å²) in [5, 5.41) is 11.3. The van der Waals surface area contributed by atoms with Gasteiger partial charge in [0.05, 0.1) is 38.6 Å². The number of benzene rings is 4. The van der Waals surface area contributed by atoms with E-state index in [2.05, 4.69) is 0 Å². The van der Waals surface area contributed by atoms with Crippen molar-refractivity contribution in [3.8, 4) is 0 Å². The second-order valence-electron chi connectivity index (χ2n) is 9.92. The number of aliphatic hydroxyl groups excluding tert-OH is 1. The Morgan fingerprint density at radius 3 is 1.18 bits per heavy atom. The molecule has 0 spiro atoms. The lowest BCUT2D eigenvalue weighted by Crippen LogP contribution is -2.59. The molecule has 39 heavy (non-hydrogen) atoms. The maximum Gasteiger partial charge on any atom is 0.115 e. The highest BCUT2D eigenvalue weighted by Gasteiger charge is 2.47. The summed E-state index contributed by atoms with van der Waals surface area (Å²) in [7, 11) is 0. The van der Waals surface area contributed by atoms with Crippen molar-refractivity contribution in [2.24, 2.45) is 0 Å². The molecule has 0 radical (unpaired) electrons. The fourth-order valence-electron chi connectivity index (χ4n) is 4.96. The fourth-order valence-corrected chi connectivity index (χ4v) is 4.96. The molecule has 202 valence electrons. The zero-order valence-electron chi connectivity index (χ0n) is 22.0. The number of aliphatic hydroxyl groups is 1. The Hall–Kier alpha value is -3.32. The molecule has 1 aliphatic carbocycles. The van der Waals surface area contributed by atoms with Crippen LogP contribution in [0.25, 0.3) is 0 Å². The third-order valence-electron chi connectivity index (χ3n) is 7.03. The minimum absolute atomic E-state index is 0.370. The maximum absolute atomic E-state index is 11.3. The van der Waals surface area contributed by atoms with Gasteiger partial charge in [0.15, 0.2) is 0 Å². The van der Waals surface area contributed by atoms with E-state index >= 15 is 0 Å². The summed E-state index contributed by atoms with van der Waals surface area (Å²) in [6, 6.07) is 40.1. The molecule has 0 heterocycles. The predicted octanol–water partition coefficient (Wildman–Crippen LogP) is 6.09. The van der Waals surface area contributed by atoms with Crippen LogP contribution in [0.4, 0.5) is 0 Å². The highest BCUT2D eigenvalue weighted by atomic mass is 16.6. The van der Waals surface area contributed by atoms with Crippen molar-refractivity contribution in [2.75, 3.05) is 0 Å². The molecule has 5 heteroatoms. The van der Waals surface area contributed by atoms with Gasteiger partial charge in [0.1, 0.15) is 18.3 Å². The standard InChI is InChI=1S/C34H36O5/c35-30-21-31(36-22-26-13-5-1-6-14-26)33(38-24-28-17-9-3-10-18-28)34(39-25-29-19-11-4-12-20-29)32(30)37-23-27-15-7-2-8-16-27/h1-20,30-35H,21-25H2/t30-,31+,32-,33+,34+/m1/s1. The van der Waals surface area contributed by atoms with Crippen molar-refractivity contribution >= 4 is 0 Å². The molecule has 0 saturated heterocycles. The highest BCUT2D eigenvalue weighted by molar-refractivity contribution is 5.16. The van der Waals surface area contributed by atoms with Gasteiger partial charge < -0.3 is 24.1 Å². The van der Waals surface area contributed by atoms with E-state index in [0.29, 0.717) is 32.8 Å². The van der Waals surface area contributed by atoms with Gasteiger partial charge in [-0.25, -0.2) is 0 Å². The molecule has 0 aliphatic heterocycles. The molecule has 5 nitrogen and oxygen atoms in total. The largest absolute Gasteiger partial charge is 0.390 e. The molecule has 0 aromatic heterocycles. The van der Waals surface area contributed by atoms with Crippen molar-refractivity contribution in [2.45, 2.75) is 63.4 Å². The van der Waals surface area contributed by atoms with Gasteiger partial charge in [0, 0.05) is 6.42 Å². The Bertz CT molecular complexity index is 1220. The van der Waals surface area contributed by atoms with Gasteiger partial charge >= 0.3 is 0 Å². The number of hydrogen-bond acceptors (Lipinski definition) is 5. The van der Waals surface area contributed by atoms with Crippen LogP contribution in [0.2, 0.25) is 0 Å². The molecular weight excluding hydrogens is 488 g/mol. The summed E-state index contributed by atoms with van der Waals surface area (Å²) < 4.78 is 25.9. The first kappa shape index (κ1) is 27.3. The van der Waals surface area contributed by atoms with E-state index in [9.17, 15) is 5.11 Å². The van der Waals surface area contributed by atoms with Crippen molar-refractivity contribution in [1.82, 2.24) is 0 Å². The molecule has 5 rings (SSSR count). The summed E-state index contributed by atoms with van der Waals surface area (Å²) in [6.45, 7) is 1.57. The second kappa shape index (κ2) is 14.2. The van der Waals surface area contributed by atoms with E-state index in [4.69, 9.17) is 18.9 Å². The first-order valence-electron chi connectivity index (χ1n) is 13.6. The van der Waals surface area contributed by atoms with Crippen LogP contribution in [0.5, 0.6) is 0 Å². The van der Waals surface area contributed by atoms with Gasteiger partial charge in [-0.3, -0.25) is 0 Å². The minimum Gasteiger partial charge on any atom is -0.390 e. The Kier molecular flexibility index (Phi) is 9.91. The molecule has 1 saturated carbocycles. The monoisotopic (exact) mass is 524 g/mol. The van der Waals surface area contributed by atoms with Crippen molar-refractivity contribution < 1.29 is 24.1 Å². The van der Waals surface area contributed by atoms with E-state index in [1.54, 1.807) is 0 Å². The molecule has 0 amide bonds. The first-order chi connectivity index (χ1) is 19.3. The molecule has 1 fully saturated rings. The minimum atomic E-state index is -0.771. The normalized spacial score (nSPS) is 22.9. The van der Waals surface area contributed by atoms with Gasteiger partial charge in [-0.1, -0.05) is 121 Å². The van der Waals surface area contributed by atoms with Crippen LogP contribution in [-0.2, 0) is 45.4 Å². The van der Waals surface area contributed by atoms with Crippen LogP contribution in [-0.4, -0.2) is 35.6 Å². The zero-order valence-corrected chi connectivity index (χ0v) is 22.0. The molecule has 1 aliphatic rings. The average Bonchev–Trinajstić information content (AvgIpc) is 3.00. The van der Waals surface area contributed by atoms with E-state index < -0.39 is 24.4 Å². The van der Waals surface area contributed by atoms with E-state index in [-0.39, 0.29) is 6.10 Å². The predicted molar refractivity (Wildman–Crippen MR) is 151 cm³/mol. The van der Waals surface area contributed by atoms with Gasteiger partial charge in [-0.2, -0.15) is 0 Å². The molecule has 0 unspecified atom stereocenters. The lowest BCUT2D eigenvalue weighted by atomic mass is 9.86. The summed E-state index contributed by atoms with van der Waals surface area (Å²) in [5.41, 5.74) is 4.21. The quantitative estimate of drug-likeness (QED) is 0.243. The number of ether oxygens (including phenoxy) is 4. The van der Waals surface area contributed by atoms with E-state index in [1.807, 2.05) is 121 Å². The molecule has 1 N–H and O–H groups in total. The van der Waals surface area contributed by atoms with Crippen LogP contribution in [0.3, 0.4) is 0 Å². The van der Waals surface area contributed by atoms with Gasteiger partial charge in [-0.15, -0.1) is 0 Å². The number of hydrogen-bond donors (Lipinski definition) is 1. The Balaban J connectivity index is 1.38. The third kappa shape index (κ3) is 7.85. The van der Waals surface area contributed by atoms with E-state index in [0.717, 1.165) is 22.3 Å². The lowest BCUT2D eigenvalue weighted by Gasteiger charge is -2.44. The van der Waals surface area contributed by atoms with Crippen molar-refractivity contribution in [3.05, 3.63) is 144 Å². The Labute approximate surface area is 230 Å². The first-order valence-corrected chi connectivity index (χ1v) is 13.6. The second-order valence-corrected chi connectivity index (χ2v) is 9.92. The summed E-state index contributed by atoms with van der Waals surface area (Å²) in [5.74, 6) is 0. The van der Waals surface area contributed by atoms with Gasteiger partial charge in [0.2, 0.25) is 0 Å². The Morgan fingerprint density at radius 2 is 0.769 bits per heavy atom. The Morgan fingerprint density at radius 1 is 0.436 bits per heavy atom. The number of rotatable bonds is 12.